The molecule has 0 spiro atoms. The van der Waals surface area contributed by atoms with Gasteiger partial charge in [-0.15, -0.1) is 0 Å². The second-order valence-corrected chi connectivity index (χ2v) is 5.96. The lowest BCUT2D eigenvalue weighted by molar-refractivity contribution is 0.105. The van der Waals surface area contributed by atoms with Crippen LogP contribution in [0, 0.1) is 0 Å². The fourth-order valence-corrected chi connectivity index (χ4v) is 3.31. The Morgan fingerprint density at radius 2 is 1.95 bits per heavy atom. The number of hydrogen-bond donors (Lipinski definition) is 0. The van der Waals surface area contributed by atoms with Crippen LogP contribution in [0.1, 0.15) is 44.2 Å². The van der Waals surface area contributed by atoms with Gasteiger partial charge in [0.2, 0.25) is 0 Å². The lowest BCUT2D eigenvalue weighted by Crippen LogP contribution is -2.49. The molecule has 120 valence electrons. The highest BCUT2D eigenvalue weighted by Crippen LogP contribution is 2.33. The van der Waals surface area contributed by atoms with E-state index in [1.165, 1.54) is 31.4 Å². The zero-order valence-electron chi connectivity index (χ0n) is 13.2. The summed E-state index contributed by atoms with van der Waals surface area (Å²) < 4.78 is 5.05. The van der Waals surface area contributed by atoms with Gasteiger partial charge in [0.25, 0.3) is 0 Å². The van der Waals surface area contributed by atoms with Gasteiger partial charge in [0.1, 0.15) is 12.1 Å². The smallest absolute Gasteiger partial charge is 0.409 e. The minimum Gasteiger partial charge on any atom is -0.450 e. The largest absolute Gasteiger partial charge is 0.450 e. The molecule has 1 aromatic heterocycles. The second-order valence-electron chi connectivity index (χ2n) is 5.96. The number of nitrogens with zero attached hydrogens (tertiary/aromatic N) is 4. The summed E-state index contributed by atoms with van der Waals surface area (Å²) in [5.41, 5.74) is 1.18. The van der Waals surface area contributed by atoms with Crippen LogP contribution in [0.4, 0.5) is 10.6 Å². The molecule has 1 saturated heterocycles. The maximum absolute atomic E-state index is 11.7. The highest BCUT2D eigenvalue weighted by molar-refractivity contribution is 5.68. The van der Waals surface area contributed by atoms with Crippen LogP contribution in [0.15, 0.2) is 12.4 Å². The molecule has 0 aromatic carbocycles. The molecule has 6 nitrogen and oxygen atoms in total. The molecule has 3 rings (SSSR count). The molecule has 1 amide bonds. The van der Waals surface area contributed by atoms with Crippen molar-refractivity contribution in [2.75, 3.05) is 37.7 Å². The Bertz CT molecular complexity index is 509. The SMILES string of the molecule is CCOC(=O)N1CCN(c2cc(C3CCCC3)ncn2)CC1. The number of rotatable bonds is 3. The normalized spacial score (nSPS) is 19.5. The van der Waals surface area contributed by atoms with Crippen LogP contribution in [0.25, 0.3) is 0 Å². The van der Waals surface area contributed by atoms with E-state index >= 15 is 0 Å². The van der Waals surface area contributed by atoms with E-state index in [0.717, 1.165) is 18.9 Å². The topological polar surface area (TPSA) is 58.6 Å². The van der Waals surface area contributed by atoms with Crippen LogP contribution in [-0.4, -0.2) is 53.7 Å². The minimum absolute atomic E-state index is 0.212. The average Bonchev–Trinajstić information content (AvgIpc) is 3.10. The first-order chi connectivity index (χ1) is 10.8. The first-order valence-corrected chi connectivity index (χ1v) is 8.26. The maximum atomic E-state index is 11.7. The molecular weight excluding hydrogens is 280 g/mol. The highest BCUT2D eigenvalue weighted by atomic mass is 16.6. The number of anilines is 1. The molecule has 1 aliphatic heterocycles. The summed E-state index contributed by atoms with van der Waals surface area (Å²) in [4.78, 5) is 24.6. The number of carbonyl (C=O) groups is 1. The van der Waals surface area contributed by atoms with Crippen molar-refractivity contribution >= 4 is 11.9 Å². The summed E-state index contributed by atoms with van der Waals surface area (Å²) in [7, 11) is 0. The minimum atomic E-state index is -0.212. The average molecular weight is 304 g/mol. The molecule has 6 heteroatoms. The molecule has 22 heavy (non-hydrogen) atoms. The molecule has 0 radical (unpaired) electrons. The summed E-state index contributed by atoms with van der Waals surface area (Å²) in [6.45, 7) is 5.21. The number of hydrogen-bond acceptors (Lipinski definition) is 5. The predicted octanol–water partition coefficient (Wildman–Crippen LogP) is 2.41. The van der Waals surface area contributed by atoms with E-state index in [-0.39, 0.29) is 6.09 Å². The monoisotopic (exact) mass is 304 g/mol. The van der Waals surface area contributed by atoms with E-state index in [2.05, 4.69) is 20.9 Å². The Balaban J connectivity index is 1.61. The van der Waals surface area contributed by atoms with Gasteiger partial charge in [0, 0.05) is 43.9 Å². The molecule has 0 N–H and O–H groups in total. The van der Waals surface area contributed by atoms with Crippen molar-refractivity contribution < 1.29 is 9.53 Å². The molecule has 2 aliphatic rings. The molecule has 1 aromatic rings. The van der Waals surface area contributed by atoms with Gasteiger partial charge in [-0.1, -0.05) is 12.8 Å². The van der Waals surface area contributed by atoms with Crippen molar-refractivity contribution in [2.24, 2.45) is 0 Å². The van der Waals surface area contributed by atoms with Gasteiger partial charge in [0.05, 0.1) is 6.61 Å². The second kappa shape index (κ2) is 6.94. The van der Waals surface area contributed by atoms with Gasteiger partial charge < -0.3 is 14.5 Å². The number of aromatic nitrogens is 2. The van der Waals surface area contributed by atoms with E-state index in [1.807, 2.05) is 6.92 Å². The van der Waals surface area contributed by atoms with Crippen LogP contribution in [0.2, 0.25) is 0 Å². The van der Waals surface area contributed by atoms with Crippen molar-refractivity contribution in [2.45, 2.75) is 38.5 Å². The van der Waals surface area contributed by atoms with E-state index in [4.69, 9.17) is 4.74 Å². The number of amides is 1. The first kappa shape index (κ1) is 15.1. The van der Waals surface area contributed by atoms with Gasteiger partial charge in [-0.05, 0) is 19.8 Å². The van der Waals surface area contributed by atoms with E-state index in [1.54, 1.807) is 11.2 Å². The van der Waals surface area contributed by atoms with Crippen LogP contribution in [0.3, 0.4) is 0 Å². The van der Waals surface area contributed by atoms with Crippen molar-refractivity contribution in [3.05, 3.63) is 18.1 Å². The third kappa shape index (κ3) is 3.31. The lowest BCUT2D eigenvalue weighted by atomic mass is 10.0. The molecular formula is C16H24N4O2. The van der Waals surface area contributed by atoms with E-state index < -0.39 is 0 Å². The van der Waals surface area contributed by atoms with Crippen LogP contribution in [-0.2, 0) is 4.74 Å². The van der Waals surface area contributed by atoms with Crippen molar-refractivity contribution in [1.29, 1.82) is 0 Å². The Labute approximate surface area is 131 Å². The highest BCUT2D eigenvalue weighted by Gasteiger charge is 2.24. The molecule has 2 heterocycles. The third-order valence-electron chi connectivity index (χ3n) is 4.58. The van der Waals surface area contributed by atoms with E-state index in [0.29, 0.717) is 25.6 Å². The Hall–Kier alpha value is -1.85. The maximum Gasteiger partial charge on any atom is 0.409 e. The van der Waals surface area contributed by atoms with Crippen LogP contribution >= 0.6 is 0 Å². The van der Waals surface area contributed by atoms with Gasteiger partial charge in [0.15, 0.2) is 0 Å². The van der Waals surface area contributed by atoms with E-state index in [9.17, 15) is 4.79 Å². The van der Waals surface area contributed by atoms with Gasteiger partial charge >= 0.3 is 6.09 Å². The zero-order chi connectivity index (χ0) is 15.4. The van der Waals surface area contributed by atoms with Gasteiger partial charge in [-0.3, -0.25) is 0 Å². The molecule has 0 bridgehead atoms. The quantitative estimate of drug-likeness (QED) is 0.858. The zero-order valence-corrected chi connectivity index (χ0v) is 13.2. The molecule has 0 unspecified atom stereocenters. The molecule has 1 aliphatic carbocycles. The molecule has 2 fully saturated rings. The summed E-state index contributed by atoms with van der Waals surface area (Å²) in [6, 6.07) is 2.13. The van der Waals surface area contributed by atoms with Gasteiger partial charge in [-0.25, -0.2) is 14.8 Å². The first-order valence-electron chi connectivity index (χ1n) is 8.26. The summed E-state index contributed by atoms with van der Waals surface area (Å²) in [6.07, 6.45) is 6.57. The lowest BCUT2D eigenvalue weighted by Gasteiger charge is -2.34. The number of carbonyl (C=O) groups excluding carboxylic acids is 1. The Morgan fingerprint density at radius 1 is 1.23 bits per heavy atom. The van der Waals surface area contributed by atoms with Crippen LogP contribution < -0.4 is 4.90 Å². The molecule has 0 atom stereocenters. The fourth-order valence-electron chi connectivity index (χ4n) is 3.31. The number of piperazine rings is 1. The van der Waals surface area contributed by atoms with Gasteiger partial charge in [-0.2, -0.15) is 0 Å². The van der Waals surface area contributed by atoms with Crippen molar-refractivity contribution in [1.82, 2.24) is 14.9 Å². The van der Waals surface area contributed by atoms with Crippen molar-refractivity contribution in [3.8, 4) is 0 Å². The third-order valence-corrected chi connectivity index (χ3v) is 4.58. The standard InChI is InChI=1S/C16H24N4O2/c1-2-22-16(21)20-9-7-19(8-10-20)15-11-14(17-12-18-15)13-5-3-4-6-13/h11-13H,2-10H2,1H3. The fraction of sp³-hybridized carbons (Fsp3) is 0.688. The summed E-state index contributed by atoms with van der Waals surface area (Å²) >= 11 is 0. The Kier molecular flexibility index (Phi) is 4.75. The summed E-state index contributed by atoms with van der Waals surface area (Å²) in [5, 5.41) is 0. The Morgan fingerprint density at radius 3 is 2.64 bits per heavy atom. The molecule has 1 saturated carbocycles. The van der Waals surface area contributed by atoms with Crippen molar-refractivity contribution in [3.63, 3.8) is 0 Å². The summed E-state index contributed by atoms with van der Waals surface area (Å²) in [5.74, 6) is 1.59. The predicted molar refractivity (Wildman–Crippen MR) is 84.0 cm³/mol. The number of ether oxygens (including phenoxy) is 1. The van der Waals surface area contributed by atoms with Crippen LogP contribution in [0.5, 0.6) is 0 Å².